The summed E-state index contributed by atoms with van der Waals surface area (Å²) in [5.41, 5.74) is 1.90. The molecule has 3 heteroatoms. The Morgan fingerprint density at radius 2 is 2.00 bits per heavy atom. The lowest BCUT2D eigenvalue weighted by atomic mass is 10.00. The predicted octanol–water partition coefficient (Wildman–Crippen LogP) is 3.91. The smallest absolute Gasteiger partial charge is 0.194 e. The zero-order valence-electron chi connectivity index (χ0n) is 10.3. The molecule has 2 nitrogen and oxygen atoms in total. The molecule has 0 fully saturated rings. The van der Waals surface area contributed by atoms with Gasteiger partial charge in [0, 0.05) is 6.21 Å². The maximum absolute atomic E-state index is 11.0. The first-order chi connectivity index (χ1) is 7.56. The van der Waals surface area contributed by atoms with Gasteiger partial charge in [0.25, 0.3) is 0 Å². The van der Waals surface area contributed by atoms with Crippen molar-refractivity contribution in [1.82, 2.24) is 0 Å². The third-order valence-corrected chi connectivity index (χ3v) is 3.36. The molecule has 86 valence electrons. The minimum Gasteiger partial charge on any atom is -0.269 e. The molecule has 0 spiro atoms. The fraction of sp³-hybridized carbons (Fsp3) is 0.462. The first-order valence-electron chi connectivity index (χ1n) is 5.53. The average Bonchev–Trinajstić information content (AvgIpc) is 2.26. The molecule has 0 aromatic heterocycles. The van der Waals surface area contributed by atoms with E-state index in [2.05, 4.69) is 25.8 Å². The summed E-state index contributed by atoms with van der Waals surface area (Å²) in [6.07, 6.45) is 1.95. The van der Waals surface area contributed by atoms with E-state index in [9.17, 15) is 4.57 Å². The van der Waals surface area contributed by atoms with Gasteiger partial charge in [-0.05, 0) is 30.4 Å². The second-order valence-corrected chi connectivity index (χ2v) is 5.08. The van der Waals surface area contributed by atoms with Crippen molar-refractivity contribution in [3.63, 3.8) is 0 Å². The molecule has 1 unspecified atom stereocenters. The number of hydrogen-bond acceptors (Lipinski definition) is 2. The second-order valence-electron chi connectivity index (χ2n) is 4.42. The summed E-state index contributed by atoms with van der Waals surface area (Å²) in [6, 6.07) is 5.73. The number of rotatable bonds is 4. The first-order valence-corrected chi connectivity index (χ1v) is 6.34. The Kier molecular flexibility index (Phi) is 4.82. The molecule has 0 amide bonds. The maximum Gasteiger partial charge on any atom is 0.194 e. The van der Waals surface area contributed by atoms with Crippen molar-refractivity contribution in [2.24, 2.45) is 16.8 Å². The molecule has 0 aliphatic heterocycles. The van der Waals surface area contributed by atoms with Crippen molar-refractivity contribution < 1.29 is 4.57 Å². The van der Waals surface area contributed by atoms with Crippen molar-refractivity contribution in [2.75, 3.05) is 0 Å². The molecule has 0 bridgehead atoms. The third-order valence-electron chi connectivity index (χ3n) is 2.81. The fourth-order valence-electron chi connectivity index (χ4n) is 1.25. The molecule has 1 aromatic carbocycles. The Morgan fingerprint density at radius 3 is 2.56 bits per heavy atom. The normalized spacial score (nSPS) is 13.8. The topological polar surface area (TPSA) is 29.4 Å². The van der Waals surface area contributed by atoms with E-state index < -0.39 is 0 Å². The maximum atomic E-state index is 11.0. The van der Waals surface area contributed by atoms with E-state index in [0.29, 0.717) is 11.8 Å². The van der Waals surface area contributed by atoms with Crippen LogP contribution < -0.4 is 5.30 Å². The Morgan fingerprint density at radius 1 is 1.31 bits per heavy atom. The van der Waals surface area contributed by atoms with E-state index in [0.717, 1.165) is 16.6 Å². The van der Waals surface area contributed by atoms with Crippen molar-refractivity contribution in [2.45, 2.75) is 27.7 Å². The predicted molar refractivity (Wildman–Crippen MR) is 70.6 cm³/mol. The van der Waals surface area contributed by atoms with Gasteiger partial charge in [0.05, 0.1) is 11.0 Å². The molecule has 0 N–H and O–H groups in total. The van der Waals surface area contributed by atoms with Crippen LogP contribution >= 0.6 is 8.46 Å². The quantitative estimate of drug-likeness (QED) is 0.574. The zero-order chi connectivity index (χ0) is 12.1. The largest absolute Gasteiger partial charge is 0.269 e. The van der Waals surface area contributed by atoms with Gasteiger partial charge in [-0.2, -0.15) is 0 Å². The number of nitrogens with zero attached hydrogens (tertiary/aromatic N) is 1. The highest BCUT2D eigenvalue weighted by molar-refractivity contribution is 7.34. The summed E-state index contributed by atoms with van der Waals surface area (Å²) >= 11 is 0. The van der Waals surface area contributed by atoms with Crippen LogP contribution in [0.25, 0.3) is 0 Å². The Hall–Kier alpha value is -1.01. The molecule has 1 atom stereocenters. The van der Waals surface area contributed by atoms with Gasteiger partial charge in [-0.3, -0.25) is 9.56 Å². The van der Waals surface area contributed by atoms with E-state index in [4.69, 9.17) is 0 Å². The molecule has 0 radical (unpaired) electrons. The lowest BCUT2D eigenvalue weighted by molar-refractivity contribution is 0.541. The van der Waals surface area contributed by atoms with Crippen LogP contribution in [0.5, 0.6) is 0 Å². The summed E-state index contributed by atoms with van der Waals surface area (Å²) in [5.74, 6) is 0.997. The summed E-state index contributed by atoms with van der Waals surface area (Å²) in [5, 5.41) is 0.757. The molecule has 0 heterocycles. The highest BCUT2D eigenvalue weighted by atomic mass is 31.1. The molecule has 0 saturated carbocycles. The minimum absolute atomic E-state index is 0.0327. The number of benzene rings is 1. The van der Waals surface area contributed by atoms with Crippen molar-refractivity contribution in [3.05, 3.63) is 23.8 Å². The van der Waals surface area contributed by atoms with Crippen LogP contribution in [0.15, 0.2) is 23.2 Å². The third kappa shape index (κ3) is 3.24. The molecule has 0 aliphatic rings. The van der Waals surface area contributed by atoms with Gasteiger partial charge in [0.2, 0.25) is 0 Å². The van der Waals surface area contributed by atoms with Gasteiger partial charge in [0.1, 0.15) is 0 Å². The molecule has 16 heavy (non-hydrogen) atoms. The number of hydrogen-bond donors (Lipinski definition) is 0. The summed E-state index contributed by atoms with van der Waals surface area (Å²) in [7, 11) is 0.0327. The summed E-state index contributed by atoms with van der Waals surface area (Å²) < 4.78 is 11.0. The molecule has 0 aliphatic carbocycles. The second kappa shape index (κ2) is 5.91. The van der Waals surface area contributed by atoms with Gasteiger partial charge >= 0.3 is 0 Å². The number of aliphatic imine (C=N–C) groups is 1. The lowest BCUT2D eigenvalue weighted by Gasteiger charge is -2.09. The van der Waals surface area contributed by atoms with Crippen LogP contribution in [-0.4, -0.2) is 6.21 Å². The van der Waals surface area contributed by atoms with Crippen molar-refractivity contribution in [3.8, 4) is 0 Å². The standard InChI is InChI=1S/C13H18NOP/c1-9(2)11(4)8-14-13-10(3)6-5-7-12(13)16-15/h5-9,11H,1-4H3/b14-8-. The minimum atomic E-state index is 0.0327. The molecule has 0 saturated heterocycles. The van der Waals surface area contributed by atoms with Crippen molar-refractivity contribution in [1.29, 1.82) is 0 Å². The number of para-hydroxylation sites is 1. The van der Waals surface area contributed by atoms with Gasteiger partial charge in [-0.15, -0.1) is 0 Å². The monoisotopic (exact) mass is 235 g/mol. The summed E-state index contributed by atoms with van der Waals surface area (Å²) in [4.78, 5) is 4.47. The van der Waals surface area contributed by atoms with E-state index in [1.165, 1.54) is 0 Å². The highest BCUT2D eigenvalue weighted by Crippen LogP contribution is 2.20. The van der Waals surface area contributed by atoms with Gasteiger partial charge in [-0.1, -0.05) is 32.9 Å². The van der Waals surface area contributed by atoms with Gasteiger partial charge < -0.3 is 0 Å². The van der Waals surface area contributed by atoms with Crippen LogP contribution in [0.4, 0.5) is 5.69 Å². The Bertz CT molecular complexity index is 399. The Balaban J connectivity index is 3.00. The van der Waals surface area contributed by atoms with E-state index >= 15 is 0 Å². The highest BCUT2D eigenvalue weighted by Gasteiger charge is 2.06. The fourth-order valence-corrected chi connectivity index (χ4v) is 1.72. The molecular formula is C13H18NOP. The van der Waals surface area contributed by atoms with Crippen LogP contribution in [0, 0.1) is 18.8 Å². The Labute approximate surface area is 99.0 Å². The number of aryl methyl sites for hydroxylation is 1. The van der Waals surface area contributed by atoms with Crippen LogP contribution in [0.1, 0.15) is 26.3 Å². The van der Waals surface area contributed by atoms with Gasteiger partial charge in [-0.25, -0.2) is 0 Å². The van der Waals surface area contributed by atoms with Crippen LogP contribution in [0.3, 0.4) is 0 Å². The van der Waals surface area contributed by atoms with Crippen LogP contribution in [0.2, 0.25) is 0 Å². The van der Waals surface area contributed by atoms with Crippen LogP contribution in [-0.2, 0) is 4.57 Å². The molecule has 1 aromatic rings. The average molecular weight is 235 g/mol. The van der Waals surface area contributed by atoms with Crippen molar-refractivity contribution >= 4 is 25.7 Å². The van der Waals surface area contributed by atoms with E-state index in [1.807, 2.05) is 31.3 Å². The summed E-state index contributed by atoms with van der Waals surface area (Å²) in [6.45, 7) is 8.46. The SMILES string of the molecule is Cc1cccc(P=O)c1/N=C\C(C)C(C)C. The zero-order valence-corrected chi connectivity index (χ0v) is 11.2. The first kappa shape index (κ1) is 13.1. The molecule has 1 rings (SSSR count). The van der Waals surface area contributed by atoms with E-state index in [1.54, 1.807) is 0 Å². The lowest BCUT2D eigenvalue weighted by Crippen LogP contribution is -2.05. The molecular weight excluding hydrogens is 217 g/mol. The van der Waals surface area contributed by atoms with Gasteiger partial charge in [0.15, 0.2) is 8.46 Å². The van der Waals surface area contributed by atoms with E-state index in [-0.39, 0.29) is 8.46 Å².